The third kappa shape index (κ3) is 5.28. The van der Waals surface area contributed by atoms with Crippen LogP contribution in [0.4, 0.5) is 5.13 Å². The number of nitrogens with zero attached hydrogens (tertiary/aromatic N) is 1. The lowest BCUT2D eigenvalue weighted by Gasteiger charge is -2.12. The largest absolute Gasteiger partial charge is 0.358 e. The second-order valence-corrected chi connectivity index (χ2v) is 5.95. The molecule has 0 radical (unpaired) electrons. The van der Waals surface area contributed by atoms with Crippen molar-refractivity contribution in [3.63, 3.8) is 0 Å². The molecule has 15 heavy (non-hydrogen) atoms. The van der Waals surface area contributed by atoms with Crippen LogP contribution < -0.4 is 5.32 Å². The zero-order chi connectivity index (χ0) is 11.3. The van der Waals surface area contributed by atoms with E-state index in [1.165, 1.54) is 30.6 Å². The minimum absolute atomic E-state index is 0.470. The average Bonchev–Trinajstić information content (AvgIpc) is 2.50. The highest BCUT2D eigenvalue weighted by atomic mass is 32.1. The summed E-state index contributed by atoms with van der Waals surface area (Å²) in [4.78, 5) is 0. The molecule has 1 aromatic heterocycles. The first-order chi connectivity index (χ1) is 7.08. The molecular weight excluding hydrogens is 226 g/mol. The Balaban J connectivity index is 2.24. The summed E-state index contributed by atoms with van der Waals surface area (Å²) in [5.74, 6) is 0.796. The molecule has 3 nitrogen and oxygen atoms in total. The van der Waals surface area contributed by atoms with Crippen LogP contribution in [-0.4, -0.2) is 16.2 Å². The third-order valence-electron chi connectivity index (χ3n) is 2.23. The highest BCUT2D eigenvalue weighted by Crippen LogP contribution is 2.15. The summed E-state index contributed by atoms with van der Waals surface area (Å²) in [6.45, 7) is 6.71. The maximum absolute atomic E-state index is 4.97. The molecule has 0 bridgehead atoms. The molecule has 1 unspecified atom stereocenters. The smallest absolute Gasteiger partial charge is 0.204 e. The van der Waals surface area contributed by atoms with E-state index in [0.717, 1.165) is 15.0 Å². The highest BCUT2D eigenvalue weighted by Gasteiger charge is 2.04. The fraction of sp³-hybridized carbons (Fsp3) is 0.800. The Morgan fingerprint density at radius 2 is 2.13 bits per heavy atom. The zero-order valence-corrected chi connectivity index (χ0v) is 11.2. The van der Waals surface area contributed by atoms with Gasteiger partial charge in [-0.3, -0.25) is 5.10 Å². The van der Waals surface area contributed by atoms with Crippen LogP contribution in [0.3, 0.4) is 0 Å². The number of H-pyrrole nitrogens is 1. The van der Waals surface area contributed by atoms with Crippen molar-refractivity contribution in [1.29, 1.82) is 0 Å². The molecule has 0 amide bonds. The Morgan fingerprint density at radius 1 is 1.40 bits per heavy atom. The third-order valence-corrected chi connectivity index (χ3v) is 3.25. The quantitative estimate of drug-likeness (QED) is 0.748. The lowest BCUT2D eigenvalue weighted by Crippen LogP contribution is -2.14. The molecular formula is C10H19N3S2. The van der Waals surface area contributed by atoms with Gasteiger partial charge in [0.05, 0.1) is 0 Å². The second-order valence-electron chi connectivity index (χ2n) is 4.29. The lowest BCUT2D eigenvalue weighted by molar-refractivity contribution is 0.520. The molecule has 86 valence electrons. The second kappa shape index (κ2) is 6.23. The Hall–Kier alpha value is -0.420. The van der Waals surface area contributed by atoms with Crippen molar-refractivity contribution in [2.24, 2.45) is 5.92 Å². The van der Waals surface area contributed by atoms with Crippen molar-refractivity contribution in [1.82, 2.24) is 10.2 Å². The molecule has 0 aliphatic heterocycles. The van der Waals surface area contributed by atoms with Gasteiger partial charge in [-0.1, -0.05) is 38.0 Å². The van der Waals surface area contributed by atoms with Crippen LogP contribution >= 0.6 is 23.6 Å². The number of hydrogen-bond donors (Lipinski definition) is 2. The summed E-state index contributed by atoms with van der Waals surface area (Å²) < 4.78 is 0.729. The maximum Gasteiger partial charge on any atom is 0.204 e. The topological polar surface area (TPSA) is 40.7 Å². The van der Waals surface area contributed by atoms with E-state index in [0.29, 0.717) is 6.04 Å². The van der Waals surface area contributed by atoms with Crippen LogP contribution in [0.2, 0.25) is 0 Å². The summed E-state index contributed by atoms with van der Waals surface area (Å²) in [5.41, 5.74) is 0. The molecule has 0 aromatic carbocycles. The first-order valence-electron chi connectivity index (χ1n) is 5.40. The van der Waals surface area contributed by atoms with Gasteiger partial charge in [0.15, 0.2) is 3.95 Å². The molecule has 0 aliphatic rings. The van der Waals surface area contributed by atoms with Gasteiger partial charge < -0.3 is 5.32 Å². The van der Waals surface area contributed by atoms with Gasteiger partial charge in [-0.2, -0.15) is 0 Å². The molecule has 1 heterocycles. The van der Waals surface area contributed by atoms with E-state index in [2.05, 4.69) is 36.3 Å². The minimum Gasteiger partial charge on any atom is -0.358 e. The first kappa shape index (κ1) is 12.6. The average molecular weight is 245 g/mol. The van der Waals surface area contributed by atoms with Crippen LogP contribution in [0.25, 0.3) is 0 Å². The monoisotopic (exact) mass is 245 g/mol. The van der Waals surface area contributed by atoms with Crippen LogP contribution in [0.15, 0.2) is 0 Å². The van der Waals surface area contributed by atoms with E-state index >= 15 is 0 Å². The van der Waals surface area contributed by atoms with Gasteiger partial charge in [0, 0.05) is 6.04 Å². The van der Waals surface area contributed by atoms with Crippen molar-refractivity contribution in [3.8, 4) is 0 Å². The fourth-order valence-electron chi connectivity index (χ4n) is 1.41. The van der Waals surface area contributed by atoms with Crippen LogP contribution in [0.5, 0.6) is 0 Å². The predicted molar refractivity (Wildman–Crippen MR) is 69.1 cm³/mol. The molecule has 0 saturated heterocycles. The number of nitrogens with one attached hydrogen (secondary N) is 2. The van der Waals surface area contributed by atoms with E-state index < -0.39 is 0 Å². The Morgan fingerprint density at radius 3 is 2.67 bits per heavy atom. The summed E-state index contributed by atoms with van der Waals surface area (Å²) in [7, 11) is 0. The van der Waals surface area contributed by atoms with Crippen LogP contribution in [0, 0.1) is 9.87 Å². The standard InChI is InChI=1S/C10H19N3S2/c1-7(2)5-4-6-8(3)11-9-12-13-10(14)15-9/h7-8H,4-6H2,1-3H3,(H,11,12)(H,13,14). The number of hydrogen-bond acceptors (Lipinski definition) is 4. The normalized spacial score (nSPS) is 13.1. The number of anilines is 1. The molecule has 2 N–H and O–H groups in total. The van der Waals surface area contributed by atoms with Crippen molar-refractivity contribution in [2.75, 3.05) is 5.32 Å². The molecule has 0 saturated carbocycles. The molecule has 1 atom stereocenters. The van der Waals surface area contributed by atoms with Crippen molar-refractivity contribution in [2.45, 2.75) is 46.1 Å². The maximum atomic E-state index is 4.97. The van der Waals surface area contributed by atoms with Crippen molar-refractivity contribution >= 4 is 28.7 Å². The van der Waals surface area contributed by atoms with Gasteiger partial charge in [0.1, 0.15) is 0 Å². The number of aromatic amines is 1. The zero-order valence-electron chi connectivity index (χ0n) is 9.54. The van der Waals surface area contributed by atoms with E-state index in [1.54, 1.807) is 0 Å². The van der Waals surface area contributed by atoms with Gasteiger partial charge in [-0.25, -0.2) is 0 Å². The van der Waals surface area contributed by atoms with Crippen LogP contribution in [-0.2, 0) is 0 Å². The van der Waals surface area contributed by atoms with E-state index in [4.69, 9.17) is 12.2 Å². The molecule has 1 aromatic rings. The molecule has 5 heteroatoms. The van der Waals surface area contributed by atoms with Crippen molar-refractivity contribution in [3.05, 3.63) is 3.95 Å². The Kier molecular flexibility index (Phi) is 5.25. The first-order valence-corrected chi connectivity index (χ1v) is 6.62. The van der Waals surface area contributed by atoms with Gasteiger partial charge >= 0.3 is 0 Å². The van der Waals surface area contributed by atoms with Gasteiger partial charge in [0.25, 0.3) is 0 Å². The summed E-state index contributed by atoms with van der Waals surface area (Å²) in [6.07, 6.45) is 3.74. The molecule has 0 aliphatic carbocycles. The summed E-state index contributed by atoms with van der Waals surface area (Å²) >= 11 is 6.46. The lowest BCUT2D eigenvalue weighted by atomic mass is 10.0. The Bertz CT molecular complexity index is 329. The molecule has 0 fully saturated rings. The number of rotatable bonds is 6. The SMILES string of the molecule is CC(C)CCCC(C)Nc1n[nH]c(=S)s1. The van der Waals surface area contributed by atoms with Gasteiger partial charge in [-0.15, -0.1) is 5.10 Å². The van der Waals surface area contributed by atoms with Crippen LogP contribution in [0.1, 0.15) is 40.0 Å². The molecule has 0 spiro atoms. The highest BCUT2D eigenvalue weighted by molar-refractivity contribution is 7.73. The number of aromatic nitrogens is 2. The summed E-state index contributed by atoms with van der Waals surface area (Å²) in [6, 6.07) is 0.470. The fourth-order valence-corrected chi connectivity index (χ4v) is 2.31. The Labute approximate surface area is 100 Å². The summed E-state index contributed by atoms with van der Waals surface area (Å²) in [5, 5.41) is 11.1. The van der Waals surface area contributed by atoms with Crippen molar-refractivity contribution < 1.29 is 0 Å². The predicted octanol–water partition coefficient (Wildman–Crippen LogP) is 3.83. The minimum atomic E-state index is 0.470. The van der Waals surface area contributed by atoms with E-state index in [9.17, 15) is 0 Å². The van der Waals surface area contributed by atoms with Gasteiger partial charge in [0.2, 0.25) is 5.13 Å². The van der Waals surface area contributed by atoms with Gasteiger partial charge in [-0.05, 0) is 31.5 Å². The van der Waals surface area contributed by atoms with E-state index in [-0.39, 0.29) is 0 Å². The van der Waals surface area contributed by atoms with E-state index in [1.807, 2.05) is 0 Å². The molecule has 1 rings (SSSR count).